The lowest BCUT2D eigenvalue weighted by molar-refractivity contribution is -0.243. The minimum absolute atomic E-state index is 0.00964. The number of carbonyl (C=O) groups is 3. The summed E-state index contributed by atoms with van der Waals surface area (Å²) in [5, 5.41) is 0. The Labute approximate surface area is 197 Å². The minimum Gasteiger partial charge on any atom is -0.458 e. The quantitative estimate of drug-likeness (QED) is 0.424. The first kappa shape index (κ1) is 24.6. The number of hydrogen-bond donors (Lipinski definition) is 0. The van der Waals surface area contributed by atoms with Crippen LogP contribution in [0.25, 0.3) is 0 Å². The van der Waals surface area contributed by atoms with Gasteiger partial charge in [0.25, 0.3) is 0 Å². The summed E-state index contributed by atoms with van der Waals surface area (Å²) in [7, 11) is 1.59. The van der Waals surface area contributed by atoms with Crippen LogP contribution < -0.4 is 0 Å². The van der Waals surface area contributed by atoms with Gasteiger partial charge in [-0.05, 0) is 80.6 Å². The van der Waals surface area contributed by atoms with Gasteiger partial charge in [0.05, 0.1) is 0 Å². The van der Waals surface area contributed by atoms with Gasteiger partial charge in [0.1, 0.15) is 5.60 Å². The second-order valence-corrected chi connectivity index (χ2v) is 11.4. The number of fused-ring (bicyclic) bond motifs is 5. The smallest absolute Gasteiger partial charge is 0.303 e. The molecule has 8 atom stereocenters. The number of Topliss-reactive ketones (excluding diaryl/α,β-unsaturated/α-hetero) is 1. The Kier molecular flexibility index (Phi) is 6.41. The first-order chi connectivity index (χ1) is 15.5. The average Bonchev–Trinajstić information content (AvgIpc) is 2.99. The molecular weight excluding hydrogens is 420 g/mol. The van der Waals surface area contributed by atoms with Crippen molar-refractivity contribution in [2.75, 3.05) is 13.7 Å². The van der Waals surface area contributed by atoms with Gasteiger partial charge in [-0.2, -0.15) is 0 Å². The van der Waals surface area contributed by atoms with Crippen LogP contribution in [-0.4, -0.2) is 43.1 Å². The van der Waals surface area contributed by atoms with E-state index in [-0.39, 0.29) is 34.9 Å². The highest BCUT2D eigenvalue weighted by Gasteiger charge is 2.70. The van der Waals surface area contributed by atoms with Crippen molar-refractivity contribution < 1.29 is 28.6 Å². The number of hydrogen-bond acceptors (Lipinski definition) is 6. The van der Waals surface area contributed by atoms with E-state index in [1.54, 1.807) is 7.11 Å². The fraction of sp³-hybridized carbons (Fsp3) is 0.815. The molecule has 0 heterocycles. The van der Waals surface area contributed by atoms with E-state index in [0.717, 1.165) is 38.5 Å². The van der Waals surface area contributed by atoms with Crippen LogP contribution in [0.4, 0.5) is 0 Å². The molecule has 2 unspecified atom stereocenters. The molecule has 0 bridgehead atoms. The third-order valence-electron chi connectivity index (χ3n) is 10.0. The van der Waals surface area contributed by atoms with Gasteiger partial charge in [0, 0.05) is 25.9 Å². The van der Waals surface area contributed by atoms with Crippen LogP contribution in [0.15, 0.2) is 11.6 Å². The number of ether oxygens (including phenoxy) is 3. The molecule has 6 nitrogen and oxygen atoms in total. The Hall–Kier alpha value is -1.53. The first-order valence-corrected chi connectivity index (χ1v) is 12.6. The van der Waals surface area contributed by atoms with Gasteiger partial charge in [0.2, 0.25) is 5.78 Å². The van der Waals surface area contributed by atoms with Gasteiger partial charge in [-0.25, -0.2) is 0 Å². The van der Waals surface area contributed by atoms with Crippen molar-refractivity contribution in [1.29, 1.82) is 0 Å². The van der Waals surface area contributed by atoms with Crippen molar-refractivity contribution in [3.8, 4) is 0 Å². The molecule has 0 N–H and O–H groups in total. The highest BCUT2D eigenvalue weighted by molar-refractivity contribution is 5.92. The lowest BCUT2D eigenvalue weighted by atomic mass is 9.46. The molecule has 33 heavy (non-hydrogen) atoms. The van der Waals surface area contributed by atoms with Crippen LogP contribution in [0.2, 0.25) is 0 Å². The highest BCUT2D eigenvalue weighted by atomic mass is 16.7. The molecule has 4 rings (SSSR count). The second-order valence-electron chi connectivity index (χ2n) is 11.4. The lowest BCUT2D eigenvalue weighted by Gasteiger charge is -2.59. The maximum atomic E-state index is 13.8. The average molecular weight is 461 g/mol. The number of allylic oxidation sites excluding steroid dienone is 1. The molecule has 6 heteroatoms. The third kappa shape index (κ3) is 3.63. The number of ketones is 2. The van der Waals surface area contributed by atoms with E-state index in [1.807, 2.05) is 13.0 Å². The van der Waals surface area contributed by atoms with Gasteiger partial charge in [-0.3, -0.25) is 14.4 Å². The summed E-state index contributed by atoms with van der Waals surface area (Å²) < 4.78 is 17.2. The molecule has 0 aromatic carbocycles. The van der Waals surface area contributed by atoms with E-state index in [1.165, 1.54) is 12.5 Å². The molecule has 0 amide bonds. The van der Waals surface area contributed by atoms with Gasteiger partial charge in [0.15, 0.2) is 18.7 Å². The molecule has 0 aliphatic heterocycles. The van der Waals surface area contributed by atoms with Crippen molar-refractivity contribution in [1.82, 2.24) is 0 Å². The van der Waals surface area contributed by atoms with Crippen molar-refractivity contribution >= 4 is 17.5 Å². The monoisotopic (exact) mass is 460 g/mol. The molecule has 0 aromatic heterocycles. The van der Waals surface area contributed by atoms with E-state index < -0.39 is 17.9 Å². The maximum Gasteiger partial charge on any atom is 0.303 e. The van der Waals surface area contributed by atoms with E-state index in [0.29, 0.717) is 24.2 Å². The molecule has 3 fully saturated rings. The minimum atomic E-state index is -1.05. The summed E-state index contributed by atoms with van der Waals surface area (Å²) in [5.74, 6) is 1.01. The SMILES string of the molecule is COC(C)O[C@]1(C(=O)COC(C)=O)C(C)C[C@H]2[C@@H]3CCC4=CC(=O)CC[C@]4(C)[C@H]3CC[C@@]21C. The normalized spacial score (nSPS) is 43.1. The maximum absolute atomic E-state index is 13.8. The lowest BCUT2D eigenvalue weighted by Crippen LogP contribution is -2.62. The summed E-state index contributed by atoms with van der Waals surface area (Å²) in [5.41, 5.74) is 0.0121. The Morgan fingerprint density at radius 3 is 2.55 bits per heavy atom. The number of methoxy groups -OCH3 is 1. The summed E-state index contributed by atoms with van der Waals surface area (Å²) in [6.07, 6.45) is 7.79. The van der Waals surface area contributed by atoms with Gasteiger partial charge in [-0.15, -0.1) is 0 Å². The molecule has 4 aliphatic rings. The Morgan fingerprint density at radius 1 is 1.15 bits per heavy atom. The zero-order valence-electron chi connectivity index (χ0n) is 21.1. The number of rotatable bonds is 6. The van der Waals surface area contributed by atoms with Crippen molar-refractivity contribution in [3.05, 3.63) is 11.6 Å². The van der Waals surface area contributed by atoms with Crippen LogP contribution in [-0.2, 0) is 28.6 Å². The van der Waals surface area contributed by atoms with Crippen molar-refractivity contribution in [3.63, 3.8) is 0 Å². The highest BCUT2D eigenvalue weighted by Crippen LogP contribution is 2.69. The summed E-state index contributed by atoms with van der Waals surface area (Å²) >= 11 is 0. The fourth-order valence-electron chi connectivity index (χ4n) is 8.38. The molecule has 0 saturated heterocycles. The predicted octanol–water partition coefficient (Wildman–Crippen LogP) is 4.64. The number of carbonyl (C=O) groups excluding carboxylic acids is 3. The van der Waals surface area contributed by atoms with Crippen molar-refractivity contribution in [2.24, 2.45) is 34.5 Å². The fourth-order valence-corrected chi connectivity index (χ4v) is 8.38. The van der Waals surface area contributed by atoms with E-state index >= 15 is 0 Å². The van der Waals surface area contributed by atoms with Crippen LogP contribution >= 0.6 is 0 Å². The largest absolute Gasteiger partial charge is 0.458 e. The number of esters is 1. The van der Waals surface area contributed by atoms with Crippen LogP contribution in [0, 0.1) is 34.5 Å². The van der Waals surface area contributed by atoms with E-state index in [2.05, 4.69) is 20.8 Å². The molecule has 0 radical (unpaired) electrons. The zero-order valence-corrected chi connectivity index (χ0v) is 21.1. The van der Waals surface area contributed by atoms with Gasteiger partial charge < -0.3 is 14.2 Å². The first-order valence-electron chi connectivity index (χ1n) is 12.6. The van der Waals surface area contributed by atoms with Crippen molar-refractivity contribution in [2.45, 2.75) is 91.5 Å². The zero-order chi connectivity index (χ0) is 24.2. The molecular formula is C27H40O6. The Balaban J connectivity index is 1.71. The van der Waals surface area contributed by atoms with Crippen LogP contribution in [0.5, 0.6) is 0 Å². The Bertz CT molecular complexity index is 863. The molecule has 0 spiro atoms. The predicted molar refractivity (Wildman–Crippen MR) is 123 cm³/mol. The third-order valence-corrected chi connectivity index (χ3v) is 10.0. The molecule has 4 aliphatic carbocycles. The topological polar surface area (TPSA) is 78.9 Å². The van der Waals surface area contributed by atoms with Crippen LogP contribution in [0.3, 0.4) is 0 Å². The summed E-state index contributed by atoms with van der Waals surface area (Å²) in [6.45, 7) is 9.60. The molecule has 0 aromatic rings. The standard InChI is InChI=1S/C27H40O6/c1-16-13-23-21-8-7-19-14-20(29)9-11-25(19,4)22(21)10-12-26(23,5)27(16,33-18(3)31-6)24(30)15-32-17(2)28/h14,16,18,21-23H,7-13,15H2,1-6H3/t16?,18?,21-,22+,23+,25+,26+,27+/m1/s1. The van der Waals surface area contributed by atoms with Gasteiger partial charge >= 0.3 is 5.97 Å². The van der Waals surface area contributed by atoms with Gasteiger partial charge in [-0.1, -0.05) is 26.3 Å². The molecule has 3 saturated carbocycles. The summed E-state index contributed by atoms with van der Waals surface area (Å²) in [4.78, 5) is 37.4. The van der Waals surface area contributed by atoms with E-state index in [9.17, 15) is 14.4 Å². The van der Waals surface area contributed by atoms with Crippen LogP contribution in [0.1, 0.15) is 79.6 Å². The summed E-state index contributed by atoms with van der Waals surface area (Å²) in [6, 6.07) is 0. The molecule has 184 valence electrons. The second kappa shape index (κ2) is 8.60. The van der Waals surface area contributed by atoms with E-state index in [4.69, 9.17) is 14.2 Å². The Morgan fingerprint density at radius 2 is 1.88 bits per heavy atom.